The quantitative estimate of drug-likeness (QED) is 0.918. The molecule has 0 saturated carbocycles. The SMILES string of the molecule is Cc1c(CCC(=O)O)cc(Cl)c2c1OCCCO2. The lowest BCUT2D eigenvalue weighted by Crippen LogP contribution is -2.02. The van der Waals surface area contributed by atoms with E-state index in [1.165, 1.54) is 0 Å². The molecule has 0 radical (unpaired) electrons. The fourth-order valence-corrected chi connectivity index (χ4v) is 2.24. The molecule has 0 spiro atoms. The highest BCUT2D eigenvalue weighted by molar-refractivity contribution is 6.32. The topological polar surface area (TPSA) is 55.8 Å². The van der Waals surface area contributed by atoms with E-state index >= 15 is 0 Å². The molecule has 18 heavy (non-hydrogen) atoms. The molecule has 4 nitrogen and oxygen atoms in total. The number of aliphatic carboxylic acids is 1. The van der Waals surface area contributed by atoms with E-state index in [0.717, 1.165) is 17.5 Å². The van der Waals surface area contributed by atoms with E-state index in [-0.39, 0.29) is 6.42 Å². The smallest absolute Gasteiger partial charge is 0.303 e. The lowest BCUT2D eigenvalue weighted by atomic mass is 10.0. The minimum Gasteiger partial charge on any atom is -0.489 e. The summed E-state index contributed by atoms with van der Waals surface area (Å²) in [7, 11) is 0. The fraction of sp³-hybridized carbons (Fsp3) is 0.462. The number of aryl methyl sites for hydroxylation is 1. The molecule has 0 aromatic heterocycles. The molecular weight excluding hydrogens is 256 g/mol. The van der Waals surface area contributed by atoms with Crippen LogP contribution in [0.3, 0.4) is 0 Å². The summed E-state index contributed by atoms with van der Waals surface area (Å²) in [5.74, 6) is 0.406. The maximum Gasteiger partial charge on any atom is 0.303 e. The van der Waals surface area contributed by atoms with Gasteiger partial charge in [-0.1, -0.05) is 11.6 Å². The van der Waals surface area contributed by atoms with Crippen LogP contribution in [-0.4, -0.2) is 24.3 Å². The van der Waals surface area contributed by atoms with Crippen molar-refractivity contribution in [3.8, 4) is 11.5 Å². The Kier molecular flexibility index (Phi) is 3.97. The van der Waals surface area contributed by atoms with Crippen molar-refractivity contribution in [2.75, 3.05) is 13.2 Å². The van der Waals surface area contributed by atoms with Crippen molar-refractivity contribution < 1.29 is 19.4 Å². The third-order valence-electron chi connectivity index (χ3n) is 2.94. The zero-order valence-electron chi connectivity index (χ0n) is 10.2. The van der Waals surface area contributed by atoms with Gasteiger partial charge in [0.05, 0.1) is 18.2 Å². The van der Waals surface area contributed by atoms with E-state index in [0.29, 0.717) is 36.2 Å². The first-order valence-corrected chi connectivity index (χ1v) is 6.26. The van der Waals surface area contributed by atoms with E-state index in [4.69, 9.17) is 26.2 Å². The van der Waals surface area contributed by atoms with Gasteiger partial charge in [0, 0.05) is 12.8 Å². The molecule has 1 heterocycles. The summed E-state index contributed by atoms with van der Waals surface area (Å²) in [6.07, 6.45) is 1.34. The van der Waals surface area contributed by atoms with E-state index < -0.39 is 5.97 Å². The number of benzene rings is 1. The Labute approximate surface area is 110 Å². The Morgan fingerprint density at radius 1 is 1.39 bits per heavy atom. The molecule has 1 aliphatic rings. The van der Waals surface area contributed by atoms with E-state index in [9.17, 15) is 4.79 Å². The van der Waals surface area contributed by atoms with Crippen molar-refractivity contribution in [3.05, 3.63) is 22.2 Å². The average Bonchev–Trinajstić information content (AvgIpc) is 2.57. The van der Waals surface area contributed by atoms with Gasteiger partial charge in [-0.3, -0.25) is 4.79 Å². The zero-order valence-corrected chi connectivity index (χ0v) is 10.9. The van der Waals surface area contributed by atoms with Gasteiger partial charge in [-0.05, 0) is 30.5 Å². The number of carbonyl (C=O) groups is 1. The highest BCUT2D eigenvalue weighted by atomic mass is 35.5. The summed E-state index contributed by atoms with van der Waals surface area (Å²) < 4.78 is 11.2. The first kappa shape index (κ1) is 13.0. The molecule has 0 bridgehead atoms. The number of halogens is 1. The first-order chi connectivity index (χ1) is 8.59. The molecule has 5 heteroatoms. The van der Waals surface area contributed by atoms with Gasteiger partial charge in [0.25, 0.3) is 0 Å². The van der Waals surface area contributed by atoms with E-state index in [1.807, 2.05) is 6.92 Å². The molecule has 0 fully saturated rings. The van der Waals surface area contributed by atoms with Crippen LogP contribution in [0.15, 0.2) is 6.07 Å². The molecule has 2 rings (SSSR count). The van der Waals surface area contributed by atoms with Crippen molar-refractivity contribution in [2.45, 2.75) is 26.2 Å². The molecule has 1 N–H and O–H groups in total. The summed E-state index contributed by atoms with van der Waals surface area (Å²) >= 11 is 6.15. The van der Waals surface area contributed by atoms with Crippen LogP contribution in [0.4, 0.5) is 0 Å². The van der Waals surface area contributed by atoms with Crippen LogP contribution in [0, 0.1) is 6.92 Å². The zero-order chi connectivity index (χ0) is 13.1. The normalized spacial score (nSPS) is 14.1. The van der Waals surface area contributed by atoms with Crippen LogP contribution in [-0.2, 0) is 11.2 Å². The standard InChI is InChI=1S/C13H15ClO4/c1-8-9(3-4-11(15)16)7-10(14)13-12(8)17-5-2-6-18-13/h7H,2-6H2,1H3,(H,15,16). The number of rotatable bonds is 3. The molecule has 0 aliphatic carbocycles. The van der Waals surface area contributed by atoms with E-state index in [1.54, 1.807) is 6.07 Å². The number of fused-ring (bicyclic) bond motifs is 1. The Balaban J connectivity index is 2.35. The van der Waals surface area contributed by atoms with Gasteiger partial charge < -0.3 is 14.6 Å². The first-order valence-electron chi connectivity index (χ1n) is 5.89. The Morgan fingerprint density at radius 3 is 2.72 bits per heavy atom. The molecule has 1 aromatic rings. The maximum absolute atomic E-state index is 10.6. The molecule has 1 aromatic carbocycles. The van der Waals surface area contributed by atoms with Crippen LogP contribution in [0.2, 0.25) is 5.02 Å². The summed E-state index contributed by atoms with van der Waals surface area (Å²) in [4.78, 5) is 10.6. The predicted molar refractivity (Wildman–Crippen MR) is 67.8 cm³/mol. The molecular formula is C13H15ClO4. The lowest BCUT2D eigenvalue weighted by molar-refractivity contribution is -0.136. The highest BCUT2D eigenvalue weighted by Crippen LogP contribution is 2.41. The second-order valence-corrected chi connectivity index (χ2v) is 4.65. The second-order valence-electron chi connectivity index (χ2n) is 4.24. The maximum atomic E-state index is 10.6. The van der Waals surface area contributed by atoms with Gasteiger partial charge in [0.15, 0.2) is 11.5 Å². The van der Waals surface area contributed by atoms with Gasteiger partial charge in [-0.15, -0.1) is 0 Å². The molecule has 0 amide bonds. The van der Waals surface area contributed by atoms with E-state index in [2.05, 4.69) is 0 Å². The molecule has 0 atom stereocenters. The largest absolute Gasteiger partial charge is 0.489 e. The summed E-state index contributed by atoms with van der Waals surface area (Å²) in [5.41, 5.74) is 1.81. The van der Waals surface area contributed by atoms with Gasteiger partial charge in [0.2, 0.25) is 0 Å². The third kappa shape index (κ3) is 2.70. The van der Waals surface area contributed by atoms with Crippen LogP contribution < -0.4 is 9.47 Å². The average molecular weight is 271 g/mol. The minimum absolute atomic E-state index is 0.0802. The number of ether oxygens (including phenoxy) is 2. The number of hydrogen-bond donors (Lipinski definition) is 1. The van der Waals surface area contributed by atoms with Gasteiger partial charge in [0.1, 0.15) is 0 Å². The van der Waals surface area contributed by atoms with Gasteiger partial charge >= 0.3 is 5.97 Å². The summed E-state index contributed by atoms with van der Waals surface area (Å²) in [6.45, 7) is 3.08. The van der Waals surface area contributed by atoms with Crippen LogP contribution in [0.1, 0.15) is 24.0 Å². The van der Waals surface area contributed by atoms with Crippen molar-refractivity contribution in [1.29, 1.82) is 0 Å². The molecule has 98 valence electrons. The third-order valence-corrected chi connectivity index (χ3v) is 3.22. The van der Waals surface area contributed by atoms with Crippen molar-refractivity contribution in [3.63, 3.8) is 0 Å². The molecule has 0 unspecified atom stereocenters. The minimum atomic E-state index is -0.822. The second kappa shape index (κ2) is 5.48. The molecule has 0 saturated heterocycles. The number of carboxylic acids is 1. The van der Waals surface area contributed by atoms with Crippen molar-refractivity contribution in [2.24, 2.45) is 0 Å². The Hall–Kier alpha value is -1.42. The van der Waals surface area contributed by atoms with Gasteiger partial charge in [-0.25, -0.2) is 0 Å². The Bertz CT molecular complexity index is 471. The lowest BCUT2D eigenvalue weighted by Gasteiger charge is -2.15. The van der Waals surface area contributed by atoms with Gasteiger partial charge in [-0.2, -0.15) is 0 Å². The number of carboxylic acid groups (broad SMARTS) is 1. The Morgan fingerprint density at radius 2 is 2.06 bits per heavy atom. The highest BCUT2D eigenvalue weighted by Gasteiger charge is 2.19. The van der Waals surface area contributed by atoms with Crippen LogP contribution in [0.25, 0.3) is 0 Å². The van der Waals surface area contributed by atoms with Crippen molar-refractivity contribution in [1.82, 2.24) is 0 Å². The fourth-order valence-electron chi connectivity index (χ4n) is 1.97. The summed E-state index contributed by atoms with van der Waals surface area (Å²) in [5, 5.41) is 9.21. The summed E-state index contributed by atoms with van der Waals surface area (Å²) in [6, 6.07) is 1.77. The predicted octanol–water partition coefficient (Wildman–Crippen LogP) is 2.83. The van der Waals surface area contributed by atoms with Crippen LogP contribution >= 0.6 is 11.6 Å². The van der Waals surface area contributed by atoms with Crippen molar-refractivity contribution >= 4 is 17.6 Å². The number of hydrogen-bond acceptors (Lipinski definition) is 3. The monoisotopic (exact) mass is 270 g/mol. The molecule has 1 aliphatic heterocycles. The van der Waals surface area contributed by atoms with Crippen LogP contribution in [0.5, 0.6) is 11.5 Å².